The summed E-state index contributed by atoms with van der Waals surface area (Å²) in [7, 11) is -4.75. The van der Waals surface area contributed by atoms with Crippen LogP contribution in [0.2, 0.25) is 5.02 Å². The number of carbonyl (C=O) groups excluding carboxylic acids is 1. The normalized spacial score (nSPS) is 12.6. The first-order valence-electron chi connectivity index (χ1n) is 8.80. The number of nitrogens with one attached hydrogen (secondary N) is 1. The number of rotatable bonds is 5. The SMILES string of the molecule is O=C(Nc1nc2cc(Cl)ccc2o1)C(c1ccc(-c2ccccc2)cc1)S(=O)(=O)O. The molecule has 0 fully saturated rings. The molecule has 1 aromatic heterocycles. The highest BCUT2D eigenvalue weighted by molar-refractivity contribution is 7.86. The smallest absolute Gasteiger partial charge is 0.302 e. The summed E-state index contributed by atoms with van der Waals surface area (Å²) in [4.78, 5) is 16.7. The van der Waals surface area contributed by atoms with Crippen molar-refractivity contribution in [3.63, 3.8) is 0 Å². The molecule has 30 heavy (non-hydrogen) atoms. The van der Waals surface area contributed by atoms with Gasteiger partial charge in [-0.3, -0.25) is 14.7 Å². The lowest BCUT2D eigenvalue weighted by Crippen LogP contribution is -2.27. The Morgan fingerprint density at radius 1 is 1.00 bits per heavy atom. The third-order valence-corrected chi connectivity index (χ3v) is 5.75. The van der Waals surface area contributed by atoms with Gasteiger partial charge >= 0.3 is 6.01 Å². The van der Waals surface area contributed by atoms with Crippen molar-refractivity contribution in [1.29, 1.82) is 0 Å². The van der Waals surface area contributed by atoms with Crippen LogP contribution in [0.15, 0.2) is 77.2 Å². The van der Waals surface area contributed by atoms with Gasteiger partial charge in [0.15, 0.2) is 10.8 Å². The molecule has 7 nitrogen and oxygen atoms in total. The number of hydrogen-bond donors (Lipinski definition) is 2. The van der Waals surface area contributed by atoms with Crippen molar-refractivity contribution in [3.8, 4) is 11.1 Å². The predicted molar refractivity (Wildman–Crippen MR) is 114 cm³/mol. The second-order valence-electron chi connectivity index (χ2n) is 6.50. The lowest BCUT2D eigenvalue weighted by molar-refractivity contribution is -0.116. The summed E-state index contributed by atoms with van der Waals surface area (Å²) in [5.41, 5.74) is 2.64. The maximum Gasteiger partial charge on any atom is 0.302 e. The number of benzene rings is 3. The fraction of sp³-hybridized carbons (Fsp3) is 0.0476. The lowest BCUT2D eigenvalue weighted by Gasteiger charge is -2.13. The Labute approximate surface area is 177 Å². The van der Waals surface area contributed by atoms with Gasteiger partial charge in [0.25, 0.3) is 16.0 Å². The average Bonchev–Trinajstić information content (AvgIpc) is 3.09. The zero-order valence-electron chi connectivity index (χ0n) is 15.3. The van der Waals surface area contributed by atoms with E-state index in [1.807, 2.05) is 30.3 Å². The van der Waals surface area contributed by atoms with Crippen LogP contribution in [0.25, 0.3) is 22.2 Å². The molecule has 1 heterocycles. The molecular weight excluding hydrogens is 428 g/mol. The molecule has 1 atom stereocenters. The topological polar surface area (TPSA) is 110 Å². The number of anilines is 1. The molecule has 3 aromatic carbocycles. The summed E-state index contributed by atoms with van der Waals surface area (Å²) < 4.78 is 39.0. The summed E-state index contributed by atoms with van der Waals surface area (Å²) in [6, 6.07) is 20.3. The average molecular weight is 443 g/mol. The Kier molecular flexibility index (Phi) is 5.29. The van der Waals surface area contributed by atoms with E-state index in [-0.39, 0.29) is 11.6 Å². The van der Waals surface area contributed by atoms with Gasteiger partial charge in [-0.2, -0.15) is 13.4 Å². The standard InChI is InChI=1S/C21H15ClN2O5S/c22-16-10-11-18-17(12-16)23-21(29-18)24-20(25)19(30(26,27)28)15-8-6-14(7-9-15)13-4-2-1-3-5-13/h1-12,19H,(H,23,24,25)(H,26,27,28). The van der Waals surface area contributed by atoms with Crippen molar-refractivity contribution < 1.29 is 22.2 Å². The molecule has 0 aliphatic rings. The van der Waals surface area contributed by atoms with E-state index in [0.29, 0.717) is 16.1 Å². The molecule has 1 unspecified atom stereocenters. The third-order valence-electron chi connectivity index (χ3n) is 4.44. The van der Waals surface area contributed by atoms with Gasteiger partial charge in [0.1, 0.15) is 5.52 Å². The van der Waals surface area contributed by atoms with Crippen LogP contribution in [0.1, 0.15) is 10.8 Å². The first kappa shape index (κ1) is 20.1. The summed E-state index contributed by atoms with van der Waals surface area (Å²) in [6.07, 6.45) is 0. The minimum Gasteiger partial charge on any atom is -0.423 e. The number of amides is 1. The van der Waals surface area contributed by atoms with Crippen LogP contribution in [-0.4, -0.2) is 23.9 Å². The molecule has 9 heteroatoms. The van der Waals surface area contributed by atoms with E-state index in [9.17, 15) is 17.8 Å². The highest BCUT2D eigenvalue weighted by Crippen LogP contribution is 2.28. The van der Waals surface area contributed by atoms with Gasteiger partial charge < -0.3 is 4.42 Å². The van der Waals surface area contributed by atoms with Gasteiger partial charge in [0.2, 0.25) is 0 Å². The minimum atomic E-state index is -4.75. The van der Waals surface area contributed by atoms with E-state index in [2.05, 4.69) is 10.3 Å². The van der Waals surface area contributed by atoms with Crippen LogP contribution in [0.4, 0.5) is 6.01 Å². The number of oxazole rings is 1. The van der Waals surface area contributed by atoms with Gasteiger partial charge in [0.05, 0.1) is 0 Å². The zero-order chi connectivity index (χ0) is 21.3. The van der Waals surface area contributed by atoms with Crippen LogP contribution in [0.3, 0.4) is 0 Å². The maximum absolute atomic E-state index is 12.7. The second kappa shape index (κ2) is 7.91. The molecule has 0 aliphatic heterocycles. The van der Waals surface area contributed by atoms with Gasteiger partial charge in [-0.25, -0.2) is 0 Å². The first-order chi connectivity index (χ1) is 14.3. The molecule has 4 rings (SSSR count). The number of halogens is 1. The fourth-order valence-electron chi connectivity index (χ4n) is 3.06. The molecule has 4 aromatic rings. The van der Waals surface area contributed by atoms with Crippen molar-refractivity contribution in [2.75, 3.05) is 5.32 Å². The Bertz CT molecular complexity index is 1320. The molecule has 0 saturated heterocycles. The third kappa shape index (κ3) is 4.20. The van der Waals surface area contributed by atoms with Crippen molar-refractivity contribution in [2.45, 2.75) is 5.25 Å². The lowest BCUT2D eigenvalue weighted by atomic mass is 10.0. The Morgan fingerprint density at radius 3 is 2.33 bits per heavy atom. The summed E-state index contributed by atoms with van der Waals surface area (Å²) in [5.74, 6) is -0.998. The van der Waals surface area contributed by atoms with E-state index >= 15 is 0 Å². The summed E-state index contributed by atoms with van der Waals surface area (Å²) in [6.45, 7) is 0. The summed E-state index contributed by atoms with van der Waals surface area (Å²) >= 11 is 5.90. The Balaban J connectivity index is 1.62. The minimum absolute atomic E-state index is 0.105. The van der Waals surface area contributed by atoms with Crippen molar-refractivity contribution in [3.05, 3.63) is 83.4 Å². The van der Waals surface area contributed by atoms with Crippen molar-refractivity contribution in [2.24, 2.45) is 0 Å². The molecule has 0 aliphatic carbocycles. The van der Waals surface area contributed by atoms with E-state index in [4.69, 9.17) is 16.0 Å². The molecule has 2 N–H and O–H groups in total. The van der Waals surface area contributed by atoms with Crippen LogP contribution < -0.4 is 5.32 Å². The van der Waals surface area contributed by atoms with Crippen molar-refractivity contribution in [1.82, 2.24) is 4.98 Å². The van der Waals surface area contributed by atoms with Crippen LogP contribution in [-0.2, 0) is 14.9 Å². The first-order valence-corrected chi connectivity index (χ1v) is 10.7. The largest absolute Gasteiger partial charge is 0.423 e. The van der Waals surface area contributed by atoms with E-state index in [1.165, 1.54) is 12.1 Å². The number of fused-ring (bicyclic) bond motifs is 1. The Morgan fingerprint density at radius 2 is 1.67 bits per heavy atom. The molecule has 0 saturated carbocycles. The molecule has 1 amide bonds. The maximum atomic E-state index is 12.7. The van der Waals surface area contributed by atoms with Gasteiger partial charge in [-0.15, -0.1) is 0 Å². The number of carbonyl (C=O) groups is 1. The Hall–Kier alpha value is -3.20. The van der Waals surface area contributed by atoms with E-state index in [0.717, 1.165) is 11.1 Å². The van der Waals surface area contributed by atoms with Crippen molar-refractivity contribution >= 4 is 44.7 Å². The van der Waals surface area contributed by atoms with Crippen LogP contribution in [0.5, 0.6) is 0 Å². The zero-order valence-corrected chi connectivity index (χ0v) is 16.9. The molecule has 0 spiro atoms. The van der Waals surface area contributed by atoms with Crippen LogP contribution in [0, 0.1) is 0 Å². The fourth-order valence-corrected chi connectivity index (χ4v) is 4.06. The number of nitrogens with zero attached hydrogens (tertiary/aromatic N) is 1. The predicted octanol–water partition coefficient (Wildman–Crippen LogP) is 4.72. The summed E-state index contributed by atoms with van der Waals surface area (Å²) in [5, 5.41) is 0.890. The highest BCUT2D eigenvalue weighted by Gasteiger charge is 2.34. The van der Waals surface area contributed by atoms with Crippen LogP contribution >= 0.6 is 11.6 Å². The molecule has 152 valence electrons. The van der Waals surface area contributed by atoms with Gasteiger partial charge in [-0.1, -0.05) is 66.2 Å². The van der Waals surface area contributed by atoms with Gasteiger partial charge in [0, 0.05) is 5.02 Å². The molecule has 0 radical (unpaired) electrons. The van der Waals surface area contributed by atoms with E-state index in [1.54, 1.807) is 30.3 Å². The second-order valence-corrected chi connectivity index (χ2v) is 8.44. The number of aromatic nitrogens is 1. The molecule has 0 bridgehead atoms. The monoisotopic (exact) mass is 442 g/mol. The van der Waals surface area contributed by atoms with E-state index < -0.39 is 21.3 Å². The highest BCUT2D eigenvalue weighted by atomic mass is 35.5. The quantitative estimate of drug-likeness (QED) is 0.433. The number of hydrogen-bond acceptors (Lipinski definition) is 5. The van der Waals surface area contributed by atoms with Gasteiger partial charge in [-0.05, 0) is 34.9 Å². The molecular formula is C21H15ClN2O5S.